The van der Waals surface area contributed by atoms with Gasteiger partial charge in [0.05, 0.1) is 6.04 Å². The molecule has 3 atom stereocenters. The predicted octanol–water partition coefficient (Wildman–Crippen LogP) is 2.51. The number of carbonyl (C=O) groups excluding carboxylic acids is 3. The second kappa shape index (κ2) is 13.3. The van der Waals surface area contributed by atoms with Crippen LogP contribution in [0.3, 0.4) is 0 Å². The third-order valence-electron chi connectivity index (χ3n) is 5.14. The van der Waals surface area contributed by atoms with Crippen molar-refractivity contribution in [2.24, 2.45) is 11.7 Å². The van der Waals surface area contributed by atoms with E-state index in [-0.39, 0.29) is 17.7 Å². The molecule has 0 aliphatic carbocycles. The Morgan fingerprint density at radius 3 is 2.15 bits per heavy atom. The van der Waals surface area contributed by atoms with Crippen LogP contribution in [-0.4, -0.2) is 35.8 Å². The third kappa shape index (κ3) is 9.13. The van der Waals surface area contributed by atoms with E-state index in [1.54, 1.807) is 6.92 Å². The molecular weight excluding hydrogens is 531 g/mol. The number of nitrogens with one attached hydrogen (secondary N) is 3. The first kappa shape index (κ1) is 26.8. The summed E-state index contributed by atoms with van der Waals surface area (Å²) in [6, 6.07) is 15.0. The van der Waals surface area contributed by atoms with Gasteiger partial charge in [-0.25, -0.2) is 0 Å². The Hall–Kier alpha value is -2.46. The van der Waals surface area contributed by atoms with Gasteiger partial charge in [-0.2, -0.15) is 0 Å². The molecule has 3 amide bonds. The van der Waals surface area contributed by atoms with Crippen molar-refractivity contribution in [1.29, 1.82) is 0 Å². The second-order valence-electron chi connectivity index (χ2n) is 8.53. The number of halogens is 1. The molecule has 0 radical (unpaired) electrons. The average molecular weight is 564 g/mol. The summed E-state index contributed by atoms with van der Waals surface area (Å²) >= 11 is 2.22. The lowest BCUT2D eigenvalue weighted by Gasteiger charge is -2.23. The molecule has 0 heterocycles. The molecule has 8 heteroatoms. The summed E-state index contributed by atoms with van der Waals surface area (Å²) in [4.78, 5) is 38.1. The molecular formula is C25H33IN4O3. The molecule has 2 rings (SSSR count). The lowest BCUT2D eigenvalue weighted by Crippen LogP contribution is -2.55. The van der Waals surface area contributed by atoms with Crippen LogP contribution < -0.4 is 21.7 Å². The first-order valence-corrected chi connectivity index (χ1v) is 12.2. The Balaban J connectivity index is 2.04. The lowest BCUT2D eigenvalue weighted by atomic mass is 10.0. The number of benzene rings is 2. The van der Waals surface area contributed by atoms with Gasteiger partial charge in [-0.15, -0.1) is 0 Å². The van der Waals surface area contributed by atoms with Crippen LogP contribution in [0.25, 0.3) is 0 Å². The van der Waals surface area contributed by atoms with E-state index in [4.69, 9.17) is 5.73 Å². The first-order chi connectivity index (χ1) is 15.7. The Morgan fingerprint density at radius 2 is 1.52 bits per heavy atom. The van der Waals surface area contributed by atoms with E-state index in [9.17, 15) is 14.4 Å². The minimum absolute atomic E-state index is 0.265. The van der Waals surface area contributed by atoms with Crippen molar-refractivity contribution < 1.29 is 14.4 Å². The molecule has 0 aromatic heterocycles. The van der Waals surface area contributed by atoms with Gasteiger partial charge in [-0.1, -0.05) is 62.4 Å². The fourth-order valence-electron chi connectivity index (χ4n) is 3.30. The number of nitrogens with two attached hydrogens (primary N) is 1. The van der Waals surface area contributed by atoms with Crippen LogP contribution in [0, 0.1) is 9.49 Å². The van der Waals surface area contributed by atoms with Gasteiger partial charge in [0.1, 0.15) is 12.1 Å². The van der Waals surface area contributed by atoms with Crippen LogP contribution in [0.1, 0.15) is 38.3 Å². The highest BCUT2D eigenvalue weighted by Gasteiger charge is 2.26. The van der Waals surface area contributed by atoms with Crippen LogP contribution >= 0.6 is 22.6 Å². The maximum absolute atomic E-state index is 13.0. The zero-order valence-electron chi connectivity index (χ0n) is 19.3. The maximum Gasteiger partial charge on any atom is 0.243 e. The van der Waals surface area contributed by atoms with E-state index in [0.29, 0.717) is 19.4 Å². The Morgan fingerprint density at radius 1 is 0.879 bits per heavy atom. The summed E-state index contributed by atoms with van der Waals surface area (Å²) in [7, 11) is 0. The molecule has 7 nitrogen and oxygen atoms in total. The highest BCUT2D eigenvalue weighted by Crippen LogP contribution is 2.11. The van der Waals surface area contributed by atoms with E-state index in [2.05, 4.69) is 38.5 Å². The molecule has 0 spiro atoms. The van der Waals surface area contributed by atoms with Gasteiger partial charge in [0.25, 0.3) is 0 Å². The SMILES string of the molecule is CC(C)C[C@H](N)C(=O)N[C@@H](C)C(=O)N[C@H](Cc1ccccc1)C(=O)NCc1ccccc1I. The standard InChI is InChI=1S/C25H33IN4O3/c1-16(2)13-21(27)24(32)29-17(3)23(31)30-22(14-18-9-5-4-6-10-18)25(33)28-15-19-11-7-8-12-20(19)26/h4-12,16-17,21-22H,13-15,27H2,1-3H3,(H,28,33)(H,29,32)(H,30,31)/t17-,21-,22+/m0/s1. The van der Waals surface area contributed by atoms with E-state index >= 15 is 0 Å². The molecule has 0 unspecified atom stereocenters. The predicted molar refractivity (Wildman–Crippen MR) is 138 cm³/mol. The maximum atomic E-state index is 13.0. The fraction of sp³-hybridized carbons (Fsp3) is 0.400. The number of hydrogen-bond donors (Lipinski definition) is 4. The monoisotopic (exact) mass is 564 g/mol. The molecule has 2 aromatic rings. The highest BCUT2D eigenvalue weighted by molar-refractivity contribution is 14.1. The number of rotatable bonds is 11. The first-order valence-electron chi connectivity index (χ1n) is 11.1. The smallest absolute Gasteiger partial charge is 0.243 e. The average Bonchev–Trinajstić information content (AvgIpc) is 2.78. The topological polar surface area (TPSA) is 113 Å². The number of carbonyl (C=O) groups is 3. The lowest BCUT2D eigenvalue weighted by molar-refractivity contribution is -0.132. The molecule has 5 N–H and O–H groups in total. The molecule has 2 aromatic carbocycles. The zero-order chi connectivity index (χ0) is 24.4. The van der Waals surface area contributed by atoms with E-state index in [0.717, 1.165) is 14.7 Å². The molecule has 0 saturated carbocycles. The van der Waals surface area contributed by atoms with Gasteiger partial charge in [-0.05, 0) is 59.0 Å². The second-order valence-corrected chi connectivity index (χ2v) is 9.69. The van der Waals surface area contributed by atoms with E-state index in [1.807, 2.05) is 68.4 Å². The Kier molecular flexibility index (Phi) is 10.8. The van der Waals surface area contributed by atoms with Gasteiger partial charge in [-0.3, -0.25) is 14.4 Å². The normalized spacial score (nSPS) is 13.6. The molecule has 178 valence electrons. The van der Waals surface area contributed by atoms with Crippen LogP contribution in [0.4, 0.5) is 0 Å². The number of hydrogen-bond acceptors (Lipinski definition) is 4. The van der Waals surface area contributed by atoms with Crippen molar-refractivity contribution in [2.75, 3.05) is 0 Å². The van der Waals surface area contributed by atoms with Crippen molar-refractivity contribution in [3.8, 4) is 0 Å². The molecule has 0 bridgehead atoms. The molecule has 0 aliphatic rings. The molecule has 0 aliphatic heterocycles. The molecule has 0 fully saturated rings. The van der Waals surface area contributed by atoms with Crippen LogP contribution in [0.2, 0.25) is 0 Å². The van der Waals surface area contributed by atoms with Crippen LogP contribution in [0.5, 0.6) is 0 Å². The van der Waals surface area contributed by atoms with Crippen molar-refractivity contribution in [1.82, 2.24) is 16.0 Å². The van der Waals surface area contributed by atoms with Crippen molar-refractivity contribution in [3.05, 3.63) is 69.3 Å². The summed E-state index contributed by atoms with van der Waals surface area (Å²) in [5.41, 5.74) is 7.83. The van der Waals surface area contributed by atoms with Gasteiger partial charge in [0.2, 0.25) is 17.7 Å². The minimum Gasteiger partial charge on any atom is -0.350 e. The highest BCUT2D eigenvalue weighted by atomic mass is 127. The van der Waals surface area contributed by atoms with Gasteiger partial charge < -0.3 is 21.7 Å². The Bertz CT molecular complexity index is 936. The van der Waals surface area contributed by atoms with Gasteiger partial charge in [0.15, 0.2) is 0 Å². The largest absolute Gasteiger partial charge is 0.350 e. The summed E-state index contributed by atoms with van der Waals surface area (Å²) < 4.78 is 1.05. The summed E-state index contributed by atoms with van der Waals surface area (Å²) in [5, 5.41) is 8.36. The Labute approximate surface area is 209 Å². The van der Waals surface area contributed by atoms with Crippen molar-refractivity contribution >= 4 is 40.3 Å². The van der Waals surface area contributed by atoms with Crippen LogP contribution in [-0.2, 0) is 27.3 Å². The van der Waals surface area contributed by atoms with E-state index in [1.165, 1.54) is 0 Å². The number of amides is 3. The summed E-state index contributed by atoms with van der Waals surface area (Å²) in [6.07, 6.45) is 0.856. The van der Waals surface area contributed by atoms with Crippen molar-refractivity contribution in [2.45, 2.75) is 58.3 Å². The van der Waals surface area contributed by atoms with Crippen LogP contribution in [0.15, 0.2) is 54.6 Å². The van der Waals surface area contributed by atoms with Gasteiger partial charge in [0, 0.05) is 16.5 Å². The quantitative estimate of drug-likeness (QED) is 0.314. The zero-order valence-corrected chi connectivity index (χ0v) is 21.5. The van der Waals surface area contributed by atoms with E-state index < -0.39 is 24.0 Å². The summed E-state index contributed by atoms with van der Waals surface area (Å²) in [5.74, 6) is -0.845. The van der Waals surface area contributed by atoms with Crippen molar-refractivity contribution in [3.63, 3.8) is 0 Å². The van der Waals surface area contributed by atoms with Gasteiger partial charge >= 0.3 is 0 Å². The molecule has 0 saturated heterocycles. The fourth-order valence-corrected chi connectivity index (χ4v) is 3.88. The summed E-state index contributed by atoms with van der Waals surface area (Å²) in [6.45, 7) is 5.90. The third-order valence-corrected chi connectivity index (χ3v) is 6.19. The molecule has 33 heavy (non-hydrogen) atoms. The minimum atomic E-state index is -0.822.